The van der Waals surface area contributed by atoms with E-state index in [4.69, 9.17) is 5.26 Å². The lowest BCUT2D eigenvalue weighted by atomic mass is 10.0. The standard InChI is InChI=1S/C15H20N2/c1-12(2)14-5-3-13(4-6-14)11-17(10-9-16)15-7-8-15/h3-6,12,15H,7-8,10-11H2,1-2H3. The van der Waals surface area contributed by atoms with Gasteiger partial charge in [-0.25, -0.2) is 0 Å². The van der Waals surface area contributed by atoms with Crippen molar-refractivity contribution in [3.63, 3.8) is 0 Å². The zero-order chi connectivity index (χ0) is 12.3. The van der Waals surface area contributed by atoms with E-state index in [1.54, 1.807) is 0 Å². The Hall–Kier alpha value is -1.33. The Labute approximate surface area is 104 Å². The number of hydrogen-bond acceptors (Lipinski definition) is 2. The number of nitrogens with zero attached hydrogens (tertiary/aromatic N) is 2. The Kier molecular flexibility index (Phi) is 3.81. The maximum atomic E-state index is 8.82. The van der Waals surface area contributed by atoms with Crippen molar-refractivity contribution in [3.8, 4) is 6.07 Å². The molecule has 1 aromatic carbocycles. The molecule has 0 aliphatic heterocycles. The maximum absolute atomic E-state index is 8.82. The summed E-state index contributed by atoms with van der Waals surface area (Å²) in [4.78, 5) is 2.28. The monoisotopic (exact) mass is 228 g/mol. The molecule has 0 heterocycles. The Bertz CT molecular complexity index is 396. The Balaban J connectivity index is 1.99. The van der Waals surface area contributed by atoms with Gasteiger partial charge in [-0.2, -0.15) is 5.26 Å². The highest BCUT2D eigenvalue weighted by molar-refractivity contribution is 5.24. The van der Waals surface area contributed by atoms with Gasteiger partial charge in [0.05, 0.1) is 12.6 Å². The zero-order valence-electron chi connectivity index (χ0n) is 10.7. The molecular weight excluding hydrogens is 208 g/mol. The second-order valence-corrected chi connectivity index (χ2v) is 5.19. The van der Waals surface area contributed by atoms with Gasteiger partial charge in [-0.15, -0.1) is 0 Å². The van der Waals surface area contributed by atoms with E-state index < -0.39 is 0 Å². The number of nitriles is 1. The molecule has 17 heavy (non-hydrogen) atoms. The van der Waals surface area contributed by atoms with E-state index in [9.17, 15) is 0 Å². The molecule has 2 heteroatoms. The van der Waals surface area contributed by atoms with Gasteiger partial charge in [0.1, 0.15) is 0 Å². The van der Waals surface area contributed by atoms with Gasteiger partial charge in [0.25, 0.3) is 0 Å². The molecule has 0 radical (unpaired) electrons. The van der Waals surface area contributed by atoms with Gasteiger partial charge in [-0.05, 0) is 29.9 Å². The fraction of sp³-hybridized carbons (Fsp3) is 0.533. The molecule has 1 aliphatic carbocycles. The van der Waals surface area contributed by atoms with E-state index in [1.807, 2.05) is 0 Å². The first-order chi connectivity index (χ1) is 8.20. The maximum Gasteiger partial charge on any atom is 0.0871 e. The van der Waals surface area contributed by atoms with Crippen LogP contribution in [0.1, 0.15) is 43.7 Å². The quantitative estimate of drug-likeness (QED) is 0.723. The first-order valence-electron chi connectivity index (χ1n) is 6.40. The van der Waals surface area contributed by atoms with Crippen molar-refractivity contribution in [3.05, 3.63) is 35.4 Å². The first kappa shape index (κ1) is 12.1. The minimum atomic E-state index is 0.552. The number of rotatable bonds is 5. The second-order valence-electron chi connectivity index (χ2n) is 5.19. The summed E-state index contributed by atoms with van der Waals surface area (Å²) in [6.07, 6.45) is 2.51. The van der Waals surface area contributed by atoms with Gasteiger partial charge < -0.3 is 0 Å². The van der Waals surface area contributed by atoms with Crippen LogP contribution in [0.15, 0.2) is 24.3 Å². The number of hydrogen-bond donors (Lipinski definition) is 0. The summed E-state index contributed by atoms with van der Waals surface area (Å²) in [7, 11) is 0. The van der Waals surface area contributed by atoms with E-state index in [2.05, 4.69) is 49.1 Å². The van der Waals surface area contributed by atoms with E-state index in [0.717, 1.165) is 6.54 Å². The zero-order valence-corrected chi connectivity index (χ0v) is 10.7. The van der Waals surface area contributed by atoms with Crippen LogP contribution in [0.4, 0.5) is 0 Å². The molecule has 0 amide bonds. The van der Waals surface area contributed by atoms with Gasteiger partial charge in [-0.1, -0.05) is 38.1 Å². The highest BCUT2D eigenvalue weighted by atomic mass is 15.2. The van der Waals surface area contributed by atoms with Crippen LogP contribution in [0.3, 0.4) is 0 Å². The summed E-state index contributed by atoms with van der Waals surface area (Å²) in [5, 5.41) is 8.82. The topological polar surface area (TPSA) is 27.0 Å². The molecule has 1 aromatic rings. The molecule has 90 valence electrons. The molecule has 0 unspecified atom stereocenters. The average molecular weight is 228 g/mol. The molecule has 0 bridgehead atoms. The van der Waals surface area contributed by atoms with E-state index in [0.29, 0.717) is 18.5 Å². The highest BCUT2D eigenvalue weighted by Gasteiger charge is 2.28. The van der Waals surface area contributed by atoms with Crippen molar-refractivity contribution in [2.75, 3.05) is 6.54 Å². The lowest BCUT2D eigenvalue weighted by molar-refractivity contribution is 0.287. The molecule has 1 saturated carbocycles. The molecule has 2 rings (SSSR count). The van der Waals surface area contributed by atoms with Gasteiger partial charge >= 0.3 is 0 Å². The number of benzene rings is 1. The molecule has 0 saturated heterocycles. The van der Waals surface area contributed by atoms with Crippen molar-refractivity contribution in [1.29, 1.82) is 5.26 Å². The van der Waals surface area contributed by atoms with Gasteiger partial charge in [-0.3, -0.25) is 4.90 Å². The molecular formula is C15H20N2. The third-order valence-corrected chi connectivity index (χ3v) is 3.37. The van der Waals surface area contributed by atoms with Crippen LogP contribution in [0, 0.1) is 11.3 Å². The smallest absolute Gasteiger partial charge is 0.0871 e. The molecule has 0 N–H and O–H groups in total. The predicted molar refractivity (Wildman–Crippen MR) is 69.6 cm³/mol. The minimum absolute atomic E-state index is 0.552. The third kappa shape index (κ3) is 3.31. The summed E-state index contributed by atoms with van der Waals surface area (Å²) in [6, 6.07) is 11.7. The van der Waals surface area contributed by atoms with Crippen LogP contribution < -0.4 is 0 Å². The van der Waals surface area contributed by atoms with Crippen LogP contribution in [-0.4, -0.2) is 17.5 Å². The summed E-state index contributed by atoms with van der Waals surface area (Å²) < 4.78 is 0. The molecule has 0 atom stereocenters. The molecule has 1 fully saturated rings. The van der Waals surface area contributed by atoms with Crippen molar-refractivity contribution >= 4 is 0 Å². The molecule has 0 spiro atoms. The van der Waals surface area contributed by atoms with Crippen molar-refractivity contribution in [1.82, 2.24) is 4.90 Å². The summed E-state index contributed by atoms with van der Waals surface area (Å²) in [6.45, 7) is 5.88. The molecule has 1 aliphatic rings. The fourth-order valence-electron chi connectivity index (χ4n) is 2.09. The van der Waals surface area contributed by atoms with Crippen LogP contribution in [0.25, 0.3) is 0 Å². The fourth-order valence-corrected chi connectivity index (χ4v) is 2.09. The Morgan fingerprint density at radius 1 is 1.29 bits per heavy atom. The summed E-state index contributed by atoms with van der Waals surface area (Å²) in [5.41, 5.74) is 2.70. The largest absolute Gasteiger partial charge is 0.283 e. The van der Waals surface area contributed by atoms with Gasteiger partial charge in [0.15, 0.2) is 0 Å². The third-order valence-electron chi connectivity index (χ3n) is 3.37. The van der Waals surface area contributed by atoms with E-state index >= 15 is 0 Å². The van der Waals surface area contributed by atoms with Crippen LogP contribution >= 0.6 is 0 Å². The van der Waals surface area contributed by atoms with E-state index in [-0.39, 0.29) is 0 Å². The molecule has 0 aromatic heterocycles. The summed E-state index contributed by atoms with van der Waals surface area (Å²) in [5.74, 6) is 0.586. The van der Waals surface area contributed by atoms with Crippen molar-refractivity contribution in [2.24, 2.45) is 0 Å². The predicted octanol–water partition coefficient (Wildman–Crippen LogP) is 3.30. The lowest BCUT2D eigenvalue weighted by Crippen LogP contribution is -2.25. The Morgan fingerprint density at radius 3 is 2.41 bits per heavy atom. The van der Waals surface area contributed by atoms with Gasteiger partial charge in [0.2, 0.25) is 0 Å². The van der Waals surface area contributed by atoms with Crippen LogP contribution in [-0.2, 0) is 6.54 Å². The molecule has 2 nitrogen and oxygen atoms in total. The van der Waals surface area contributed by atoms with Crippen molar-refractivity contribution in [2.45, 2.75) is 45.2 Å². The average Bonchev–Trinajstić information content (AvgIpc) is 3.13. The summed E-state index contributed by atoms with van der Waals surface area (Å²) >= 11 is 0. The van der Waals surface area contributed by atoms with Gasteiger partial charge in [0, 0.05) is 12.6 Å². The second kappa shape index (κ2) is 5.33. The van der Waals surface area contributed by atoms with Crippen molar-refractivity contribution < 1.29 is 0 Å². The highest BCUT2D eigenvalue weighted by Crippen LogP contribution is 2.28. The minimum Gasteiger partial charge on any atom is -0.283 e. The SMILES string of the molecule is CC(C)c1ccc(CN(CC#N)C2CC2)cc1. The van der Waals surface area contributed by atoms with Crippen LogP contribution in [0.5, 0.6) is 0 Å². The Morgan fingerprint density at radius 2 is 1.94 bits per heavy atom. The normalized spacial score (nSPS) is 15.2. The first-order valence-corrected chi connectivity index (χ1v) is 6.40. The van der Waals surface area contributed by atoms with Crippen LogP contribution in [0.2, 0.25) is 0 Å². The lowest BCUT2D eigenvalue weighted by Gasteiger charge is -2.18. The van der Waals surface area contributed by atoms with E-state index in [1.165, 1.54) is 24.0 Å².